The van der Waals surface area contributed by atoms with Crippen LogP contribution in [0.25, 0.3) is 0 Å². The van der Waals surface area contributed by atoms with Gasteiger partial charge in [0.1, 0.15) is 12.7 Å². The van der Waals surface area contributed by atoms with Crippen molar-refractivity contribution in [2.45, 2.75) is 20.5 Å². The fourth-order valence-electron chi connectivity index (χ4n) is 3.41. The Labute approximate surface area is 192 Å². The summed E-state index contributed by atoms with van der Waals surface area (Å²) in [5.41, 5.74) is 10.4. The maximum absolute atomic E-state index is 9.51. The summed E-state index contributed by atoms with van der Waals surface area (Å²) in [5.74, 6) is 1.51. The van der Waals surface area contributed by atoms with E-state index in [4.69, 9.17) is 30.1 Å². The van der Waals surface area contributed by atoms with E-state index in [9.17, 15) is 5.26 Å². The van der Waals surface area contributed by atoms with Gasteiger partial charge in [-0.3, -0.25) is 5.41 Å². The molecule has 0 amide bonds. The van der Waals surface area contributed by atoms with Gasteiger partial charge in [-0.1, -0.05) is 0 Å². The van der Waals surface area contributed by atoms with Crippen LogP contribution < -0.4 is 24.7 Å². The Kier molecular flexibility index (Phi) is 6.98. The Balaban J connectivity index is 2.02. The molecule has 1 heterocycles. The normalized spacial score (nSPS) is 10.3. The van der Waals surface area contributed by atoms with E-state index in [0.29, 0.717) is 39.8 Å². The molecule has 0 bridgehead atoms. The molecule has 0 fully saturated rings. The van der Waals surface area contributed by atoms with Crippen molar-refractivity contribution in [1.82, 2.24) is 10.2 Å². The van der Waals surface area contributed by atoms with E-state index < -0.39 is 0 Å². The zero-order valence-corrected chi connectivity index (χ0v) is 19.1. The molecule has 170 valence electrons. The van der Waals surface area contributed by atoms with Crippen LogP contribution in [-0.2, 0) is 6.61 Å². The minimum atomic E-state index is 0.0930. The number of hydrogen-bond donors (Lipinski definition) is 2. The van der Waals surface area contributed by atoms with Gasteiger partial charge in [0.2, 0.25) is 0 Å². The number of nitrogens with two attached hydrogens (primary N) is 1. The lowest BCUT2D eigenvalue weighted by atomic mass is 9.98. The number of nitriles is 1. The SMILES string of the molecule is COc1cc(N)c(C(=N)c2cc(C#N)c(OC)c(OC)c2)cc1OCc1c(C)cnnc1C. The van der Waals surface area contributed by atoms with E-state index in [-0.39, 0.29) is 17.9 Å². The average molecular weight is 447 g/mol. The Morgan fingerprint density at radius 3 is 2.36 bits per heavy atom. The molecule has 3 rings (SSSR count). The molecule has 0 saturated carbocycles. The van der Waals surface area contributed by atoms with Gasteiger partial charge in [-0.05, 0) is 37.6 Å². The molecule has 0 unspecified atom stereocenters. The number of nitrogens with zero attached hydrogens (tertiary/aromatic N) is 3. The van der Waals surface area contributed by atoms with Crippen molar-refractivity contribution in [2.24, 2.45) is 0 Å². The standard InChI is InChI=1S/C24H25N5O4/c1-13-11-28-29-14(2)18(13)12-33-21-8-17(19(26)9-20(21)30-3)23(27)15-6-16(10-25)24(32-5)22(7-15)31-4/h6-9,11,27H,12,26H2,1-5H3. The smallest absolute Gasteiger partial charge is 0.178 e. The van der Waals surface area contributed by atoms with E-state index in [2.05, 4.69) is 16.3 Å². The molecule has 0 spiro atoms. The molecule has 33 heavy (non-hydrogen) atoms. The number of hydrogen-bond acceptors (Lipinski definition) is 9. The highest BCUT2D eigenvalue weighted by molar-refractivity contribution is 6.14. The summed E-state index contributed by atoms with van der Waals surface area (Å²) in [5, 5.41) is 26.3. The summed E-state index contributed by atoms with van der Waals surface area (Å²) in [4.78, 5) is 0. The zero-order valence-electron chi connectivity index (χ0n) is 19.1. The second kappa shape index (κ2) is 9.87. The number of rotatable bonds is 8. The van der Waals surface area contributed by atoms with Gasteiger partial charge < -0.3 is 24.7 Å². The second-order valence-electron chi connectivity index (χ2n) is 7.22. The molecule has 0 atom stereocenters. The number of anilines is 1. The largest absolute Gasteiger partial charge is 0.493 e. The lowest BCUT2D eigenvalue weighted by Gasteiger charge is -2.17. The minimum absolute atomic E-state index is 0.0930. The van der Waals surface area contributed by atoms with Gasteiger partial charge in [0.05, 0.1) is 44.5 Å². The van der Waals surface area contributed by atoms with E-state index in [1.807, 2.05) is 13.8 Å². The van der Waals surface area contributed by atoms with Gasteiger partial charge in [0.15, 0.2) is 23.0 Å². The molecule has 0 aliphatic carbocycles. The van der Waals surface area contributed by atoms with E-state index in [1.165, 1.54) is 21.3 Å². The molecule has 9 heteroatoms. The average Bonchev–Trinajstić information content (AvgIpc) is 2.82. The second-order valence-corrected chi connectivity index (χ2v) is 7.22. The fourth-order valence-corrected chi connectivity index (χ4v) is 3.41. The number of nitrogens with one attached hydrogen (secondary N) is 1. The fraction of sp³-hybridized carbons (Fsp3) is 0.250. The van der Waals surface area contributed by atoms with Crippen LogP contribution in [0, 0.1) is 30.6 Å². The first kappa shape index (κ1) is 23.3. The number of benzene rings is 2. The number of aromatic nitrogens is 2. The number of methoxy groups -OCH3 is 3. The van der Waals surface area contributed by atoms with Gasteiger partial charge >= 0.3 is 0 Å². The Bertz CT molecular complexity index is 1230. The Morgan fingerprint density at radius 1 is 1.03 bits per heavy atom. The topological polar surface area (TPSA) is 136 Å². The third-order valence-electron chi connectivity index (χ3n) is 5.24. The molecular weight excluding hydrogens is 422 g/mol. The summed E-state index contributed by atoms with van der Waals surface area (Å²) in [6.45, 7) is 4.05. The molecule has 2 aromatic carbocycles. The molecule has 9 nitrogen and oxygen atoms in total. The maximum atomic E-state index is 9.51. The van der Waals surface area contributed by atoms with Crippen molar-refractivity contribution in [3.05, 3.63) is 64.0 Å². The first-order valence-electron chi connectivity index (χ1n) is 9.98. The van der Waals surface area contributed by atoms with Gasteiger partial charge in [-0.15, -0.1) is 0 Å². The van der Waals surface area contributed by atoms with Crippen molar-refractivity contribution in [2.75, 3.05) is 27.1 Å². The van der Waals surface area contributed by atoms with E-state index in [0.717, 1.165) is 16.8 Å². The van der Waals surface area contributed by atoms with Crippen LogP contribution in [-0.4, -0.2) is 37.2 Å². The quantitative estimate of drug-likeness (QED) is 0.395. The Morgan fingerprint density at radius 2 is 1.76 bits per heavy atom. The number of aryl methyl sites for hydroxylation is 2. The van der Waals surface area contributed by atoms with Gasteiger partial charge in [0, 0.05) is 28.4 Å². The van der Waals surface area contributed by atoms with Crippen LogP contribution in [0.4, 0.5) is 5.69 Å². The van der Waals surface area contributed by atoms with Gasteiger partial charge in [-0.25, -0.2) is 0 Å². The summed E-state index contributed by atoms with van der Waals surface area (Å²) in [7, 11) is 4.44. The predicted molar refractivity (Wildman–Crippen MR) is 123 cm³/mol. The Hall–Kier alpha value is -4.32. The highest BCUT2D eigenvalue weighted by Crippen LogP contribution is 2.36. The van der Waals surface area contributed by atoms with E-state index in [1.54, 1.807) is 30.5 Å². The summed E-state index contributed by atoms with van der Waals surface area (Å²) >= 11 is 0. The lowest BCUT2D eigenvalue weighted by Crippen LogP contribution is -2.09. The first-order valence-corrected chi connectivity index (χ1v) is 9.98. The third-order valence-corrected chi connectivity index (χ3v) is 5.24. The minimum Gasteiger partial charge on any atom is -0.493 e. The van der Waals surface area contributed by atoms with Crippen LogP contribution in [0.3, 0.4) is 0 Å². The molecule has 0 radical (unpaired) electrons. The number of ether oxygens (including phenoxy) is 4. The molecule has 0 aliphatic rings. The highest BCUT2D eigenvalue weighted by Gasteiger charge is 2.19. The summed E-state index contributed by atoms with van der Waals surface area (Å²) in [6, 6.07) is 8.52. The summed E-state index contributed by atoms with van der Waals surface area (Å²) < 4.78 is 22.1. The maximum Gasteiger partial charge on any atom is 0.178 e. The van der Waals surface area contributed by atoms with Crippen LogP contribution >= 0.6 is 0 Å². The van der Waals surface area contributed by atoms with Crippen LogP contribution in [0.2, 0.25) is 0 Å². The lowest BCUT2D eigenvalue weighted by molar-refractivity contribution is 0.282. The van der Waals surface area contributed by atoms with E-state index >= 15 is 0 Å². The van der Waals surface area contributed by atoms with Gasteiger partial charge in [-0.2, -0.15) is 15.5 Å². The van der Waals surface area contributed by atoms with Crippen LogP contribution in [0.15, 0.2) is 30.5 Å². The van der Waals surface area contributed by atoms with Crippen molar-refractivity contribution in [3.8, 4) is 29.1 Å². The first-order chi connectivity index (χ1) is 15.8. The van der Waals surface area contributed by atoms with Crippen molar-refractivity contribution < 1.29 is 18.9 Å². The highest BCUT2D eigenvalue weighted by atomic mass is 16.5. The third kappa shape index (κ3) is 4.65. The number of nitrogen functional groups attached to an aromatic ring is 1. The van der Waals surface area contributed by atoms with Crippen LogP contribution in [0.1, 0.15) is 33.5 Å². The van der Waals surface area contributed by atoms with Crippen molar-refractivity contribution in [1.29, 1.82) is 10.7 Å². The van der Waals surface area contributed by atoms with Crippen molar-refractivity contribution >= 4 is 11.4 Å². The molecule has 3 N–H and O–H groups in total. The summed E-state index contributed by atoms with van der Waals surface area (Å²) in [6.07, 6.45) is 1.68. The molecule has 0 saturated heterocycles. The molecule has 3 aromatic rings. The molecule has 0 aliphatic heterocycles. The molecular formula is C24H25N5O4. The van der Waals surface area contributed by atoms with Crippen molar-refractivity contribution in [3.63, 3.8) is 0 Å². The van der Waals surface area contributed by atoms with Gasteiger partial charge in [0.25, 0.3) is 0 Å². The monoisotopic (exact) mass is 447 g/mol. The molecule has 1 aromatic heterocycles. The predicted octanol–water partition coefficient (Wildman–Crippen LogP) is 3.57. The van der Waals surface area contributed by atoms with Crippen LogP contribution in [0.5, 0.6) is 23.0 Å². The zero-order chi connectivity index (χ0) is 24.1.